The van der Waals surface area contributed by atoms with Gasteiger partial charge in [0.05, 0.1) is 29.3 Å². The number of nitrogens with zero attached hydrogens (tertiary/aromatic N) is 3. The molecular formula is C20H22N4O5S2. The molecule has 2 aromatic rings. The zero-order valence-corrected chi connectivity index (χ0v) is 19.2. The van der Waals surface area contributed by atoms with Crippen molar-refractivity contribution in [3.05, 3.63) is 38.7 Å². The lowest BCUT2D eigenvalue weighted by molar-refractivity contribution is -0.123. The smallest absolute Gasteiger partial charge is 0.340 e. The molecule has 1 amide bonds. The molecule has 1 N–H and O–H groups in total. The molecule has 9 nitrogen and oxygen atoms in total. The second-order valence-electron chi connectivity index (χ2n) is 7.17. The lowest BCUT2D eigenvalue weighted by atomic mass is 9.98. The van der Waals surface area contributed by atoms with Gasteiger partial charge in [0.2, 0.25) is 5.91 Å². The van der Waals surface area contributed by atoms with Crippen molar-refractivity contribution < 1.29 is 22.7 Å². The first-order valence-corrected chi connectivity index (χ1v) is 11.8. The zero-order chi connectivity index (χ0) is 22.9. The molecule has 2 aromatic heterocycles. The summed E-state index contributed by atoms with van der Waals surface area (Å²) in [5, 5.41) is 9.47. The molecule has 1 saturated heterocycles. The van der Waals surface area contributed by atoms with Crippen LogP contribution in [-0.2, 0) is 19.6 Å². The first-order valence-electron chi connectivity index (χ1n) is 9.54. The molecule has 1 aliphatic rings. The summed E-state index contributed by atoms with van der Waals surface area (Å²) in [5.74, 6) is -1.36. The van der Waals surface area contributed by atoms with Crippen LogP contribution in [0.1, 0.15) is 38.3 Å². The second kappa shape index (κ2) is 8.64. The predicted molar refractivity (Wildman–Crippen MR) is 114 cm³/mol. The van der Waals surface area contributed by atoms with E-state index in [-0.39, 0.29) is 35.7 Å². The van der Waals surface area contributed by atoms with Crippen molar-refractivity contribution in [2.24, 2.45) is 5.92 Å². The van der Waals surface area contributed by atoms with Gasteiger partial charge in [-0.1, -0.05) is 0 Å². The number of carbonyl (C=O) groups is 2. The van der Waals surface area contributed by atoms with Gasteiger partial charge in [-0.25, -0.2) is 22.9 Å². The number of thiophene rings is 1. The van der Waals surface area contributed by atoms with Crippen molar-refractivity contribution in [1.29, 1.82) is 5.26 Å². The van der Waals surface area contributed by atoms with E-state index < -0.39 is 27.8 Å². The SMILES string of the molecule is CCOC(=O)c1cc(C#N)c(N2CC(C(=O)NS(=O)(=O)c3cc(C)sc3C)C2)nc1C. The van der Waals surface area contributed by atoms with Gasteiger partial charge in [0.15, 0.2) is 0 Å². The Hall–Kier alpha value is -2.97. The highest BCUT2D eigenvalue weighted by atomic mass is 32.2. The summed E-state index contributed by atoms with van der Waals surface area (Å²) in [5.41, 5.74) is 0.806. The maximum atomic E-state index is 12.5. The monoisotopic (exact) mass is 462 g/mol. The Kier molecular flexibility index (Phi) is 6.33. The molecule has 0 atom stereocenters. The Labute approximate surface area is 184 Å². The molecule has 0 saturated carbocycles. The van der Waals surface area contributed by atoms with Gasteiger partial charge < -0.3 is 9.64 Å². The number of nitrogens with one attached hydrogen (secondary N) is 1. The number of hydrogen-bond acceptors (Lipinski definition) is 9. The number of aromatic nitrogens is 1. The normalized spacial score (nSPS) is 14.0. The van der Waals surface area contributed by atoms with Crippen LogP contribution in [-0.4, -0.2) is 45.0 Å². The van der Waals surface area contributed by atoms with Gasteiger partial charge in [-0.05, 0) is 39.8 Å². The van der Waals surface area contributed by atoms with E-state index >= 15 is 0 Å². The fourth-order valence-corrected chi connectivity index (χ4v) is 5.89. The highest BCUT2D eigenvalue weighted by Crippen LogP contribution is 2.29. The van der Waals surface area contributed by atoms with Crippen LogP contribution < -0.4 is 9.62 Å². The van der Waals surface area contributed by atoms with E-state index in [1.165, 1.54) is 17.4 Å². The molecule has 1 fully saturated rings. The number of anilines is 1. The molecule has 31 heavy (non-hydrogen) atoms. The average Bonchev–Trinajstić information content (AvgIpc) is 2.99. The first kappa shape index (κ1) is 22.7. The topological polar surface area (TPSA) is 129 Å². The maximum absolute atomic E-state index is 12.5. The van der Waals surface area contributed by atoms with Crippen LogP contribution in [0.3, 0.4) is 0 Å². The Morgan fingerprint density at radius 2 is 2.00 bits per heavy atom. The molecule has 0 unspecified atom stereocenters. The molecule has 1 aliphatic heterocycles. The number of rotatable bonds is 6. The Bertz CT molecular complexity index is 1190. The molecule has 11 heteroatoms. The highest BCUT2D eigenvalue weighted by Gasteiger charge is 2.37. The summed E-state index contributed by atoms with van der Waals surface area (Å²) < 4.78 is 32.2. The van der Waals surface area contributed by atoms with E-state index in [0.29, 0.717) is 16.4 Å². The summed E-state index contributed by atoms with van der Waals surface area (Å²) in [6.45, 7) is 7.45. The molecule has 0 bridgehead atoms. The van der Waals surface area contributed by atoms with Crippen molar-refractivity contribution in [2.75, 3.05) is 24.6 Å². The zero-order valence-electron chi connectivity index (χ0n) is 17.6. The van der Waals surface area contributed by atoms with Gasteiger partial charge in [0.25, 0.3) is 10.0 Å². The van der Waals surface area contributed by atoms with Gasteiger partial charge in [-0.3, -0.25) is 4.79 Å². The van der Waals surface area contributed by atoms with Crippen LogP contribution in [0, 0.1) is 38.0 Å². The van der Waals surface area contributed by atoms with Crippen LogP contribution in [0.4, 0.5) is 5.82 Å². The maximum Gasteiger partial charge on any atom is 0.340 e. The minimum Gasteiger partial charge on any atom is -0.462 e. The molecule has 0 radical (unpaired) electrons. The van der Waals surface area contributed by atoms with E-state index in [1.807, 2.05) is 6.07 Å². The van der Waals surface area contributed by atoms with Crippen molar-refractivity contribution in [2.45, 2.75) is 32.6 Å². The summed E-state index contributed by atoms with van der Waals surface area (Å²) in [6.07, 6.45) is 0. The fraction of sp³-hybridized carbons (Fsp3) is 0.400. The third kappa shape index (κ3) is 4.55. The van der Waals surface area contributed by atoms with Crippen LogP contribution in [0.25, 0.3) is 0 Å². The molecule has 0 spiro atoms. The highest BCUT2D eigenvalue weighted by molar-refractivity contribution is 7.90. The van der Waals surface area contributed by atoms with E-state index in [2.05, 4.69) is 9.71 Å². The minimum atomic E-state index is -3.94. The van der Waals surface area contributed by atoms with E-state index in [9.17, 15) is 23.3 Å². The Morgan fingerprint density at radius 1 is 1.32 bits per heavy atom. The van der Waals surface area contributed by atoms with Crippen LogP contribution >= 0.6 is 11.3 Å². The Balaban J connectivity index is 1.71. The van der Waals surface area contributed by atoms with Gasteiger partial charge in [0.1, 0.15) is 16.8 Å². The summed E-state index contributed by atoms with van der Waals surface area (Å²) in [6, 6.07) is 4.98. The standard InChI is InChI=1S/C20H22N4O5S2/c1-5-29-20(26)16-7-14(8-21)18(22-12(16)3)24-9-15(10-24)19(25)23-31(27,28)17-6-11(2)30-13(17)4/h6-7,15H,5,9-10H2,1-4H3,(H,23,25). The number of sulfonamides is 1. The van der Waals surface area contributed by atoms with Crippen LogP contribution in [0.5, 0.6) is 0 Å². The molecule has 0 aliphatic carbocycles. The summed E-state index contributed by atoms with van der Waals surface area (Å²) in [7, 11) is -3.94. The number of pyridine rings is 1. The van der Waals surface area contributed by atoms with E-state index in [4.69, 9.17) is 4.74 Å². The predicted octanol–water partition coefficient (Wildman–Crippen LogP) is 2.06. The number of nitriles is 1. The van der Waals surface area contributed by atoms with Gasteiger partial charge in [-0.2, -0.15) is 5.26 Å². The van der Waals surface area contributed by atoms with Crippen molar-refractivity contribution in [3.8, 4) is 6.07 Å². The molecule has 3 heterocycles. The fourth-order valence-electron chi connectivity index (χ4n) is 3.29. The van der Waals surface area contributed by atoms with Crippen molar-refractivity contribution in [3.63, 3.8) is 0 Å². The lowest BCUT2D eigenvalue weighted by Gasteiger charge is -2.39. The summed E-state index contributed by atoms with van der Waals surface area (Å²) >= 11 is 1.35. The number of ether oxygens (including phenoxy) is 1. The molecule has 0 aromatic carbocycles. The van der Waals surface area contributed by atoms with Crippen molar-refractivity contribution >= 4 is 39.1 Å². The first-order chi connectivity index (χ1) is 14.6. The molecule has 3 rings (SSSR count). The molecular weight excluding hydrogens is 440 g/mol. The van der Waals surface area contributed by atoms with E-state index in [0.717, 1.165) is 4.88 Å². The Morgan fingerprint density at radius 3 is 2.55 bits per heavy atom. The largest absolute Gasteiger partial charge is 0.462 e. The number of amides is 1. The lowest BCUT2D eigenvalue weighted by Crippen LogP contribution is -2.55. The van der Waals surface area contributed by atoms with E-state index in [1.54, 1.807) is 38.7 Å². The van der Waals surface area contributed by atoms with Crippen LogP contribution in [0.2, 0.25) is 0 Å². The number of esters is 1. The minimum absolute atomic E-state index is 0.109. The quantitative estimate of drug-likeness (QED) is 0.646. The third-order valence-corrected chi connectivity index (χ3v) is 7.45. The second-order valence-corrected chi connectivity index (χ2v) is 10.3. The van der Waals surface area contributed by atoms with Crippen LogP contribution in [0.15, 0.2) is 17.0 Å². The van der Waals surface area contributed by atoms with Crippen molar-refractivity contribution in [1.82, 2.24) is 9.71 Å². The third-order valence-electron chi connectivity index (χ3n) is 4.88. The average molecular weight is 463 g/mol. The summed E-state index contributed by atoms with van der Waals surface area (Å²) in [4.78, 5) is 32.1. The number of hydrogen-bond donors (Lipinski definition) is 1. The van der Waals surface area contributed by atoms with Gasteiger partial charge in [-0.15, -0.1) is 11.3 Å². The number of aryl methyl sites for hydroxylation is 3. The molecule has 164 valence electrons. The number of carbonyl (C=O) groups excluding carboxylic acids is 2. The van der Waals surface area contributed by atoms with Gasteiger partial charge >= 0.3 is 5.97 Å². The van der Waals surface area contributed by atoms with Gasteiger partial charge in [0, 0.05) is 22.8 Å².